The van der Waals surface area contributed by atoms with Crippen molar-refractivity contribution >= 4 is 23.4 Å². The number of hydrogen-bond acceptors (Lipinski definition) is 3. The number of hydrogen-bond donors (Lipinski definition) is 1. The van der Waals surface area contributed by atoms with Gasteiger partial charge in [0.05, 0.1) is 13.7 Å². The van der Waals surface area contributed by atoms with Crippen molar-refractivity contribution in [3.63, 3.8) is 0 Å². The number of aliphatic hydroxyl groups is 1. The molecule has 0 fully saturated rings. The summed E-state index contributed by atoms with van der Waals surface area (Å²) in [6.45, 7) is 2.55. The highest BCUT2D eigenvalue weighted by Gasteiger charge is 2.57. The Hall–Kier alpha value is -2.25. The summed E-state index contributed by atoms with van der Waals surface area (Å²) in [7, 11) is 1.36. The van der Waals surface area contributed by atoms with E-state index in [1.54, 1.807) is 30.4 Å². The average Bonchev–Trinajstić information content (AvgIpc) is 2.67. The van der Waals surface area contributed by atoms with Crippen molar-refractivity contribution in [3.05, 3.63) is 64.4 Å². The monoisotopic (exact) mass is 457 g/mol. The Bertz CT molecular complexity index is 990. The third-order valence-corrected chi connectivity index (χ3v) is 5.80. The van der Waals surface area contributed by atoms with E-state index in [1.165, 1.54) is 38.0 Å². The molecule has 0 spiro atoms. The third-order valence-electron chi connectivity index (χ3n) is 5.56. The Morgan fingerprint density at radius 3 is 2.48 bits per heavy atom. The molecule has 0 bridgehead atoms. The molecule has 0 aromatic heterocycles. The number of fused-ring (bicyclic) bond motifs is 1. The van der Waals surface area contributed by atoms with Crippen molar-refractivity contribution in [1.82, 2.24) is 0 Å². The number of ether oxygens (including phenoxy) is 1. The van der Waals surface area contributed by atoms with E-state index in [4.69, 9.17) is 16.3 Å². The van der Waals surface area contributed by atoms with Gasteiger partial charge in [0.1, 0.15) is 11.6 Å². The molecule has 8 heteroatoms. The number of rotatable bonds is 6. The molecule has 3 rings (SSSR count). The highest BCUT2D eigenvalue weighted by Crippen LogP contribution is 2.45. The minimum Gasteiger partial charge on any atom is -0.496 e. The quantitative estimate of drug-likeness (QED) is 0.541. The lowest BCUT2D eigenvalue weighted by Crippen LogP contribution is -2.56. The summed E-state index contributed by atoms with van der Waals surface area (Å²) in [6.07, 6.45) is -2.09. The smallest absolute Gasteiger partial charge is 0.418 e. The maximum atomic E-state index is 14.2. The van der Waals surface area contributed by atoms with E-state index in [-0.39, 0.29) is 17.9 Å². The van der Waals surface area contributed by atoms with E-state index in [0.29, 0.717) is 16.3 Å². The van der Waals surface area contributed by atoms with Gasteiger partial charge in [-0.25, -0.2) is 4.39 Å². The zero-order valence-corrected chi connectivity index (χ0v) is 18.2. The second-order valence-electron chi connectivity index (χ2n) is 8.42. The largest absolute Gasteiger partial charge is 0.496 e. The summed E-state index contributed by atoms with van der Waals surface area (Å²) in [5, 5.41) is 11.4. The minimum atomic E-state index is -4.93. The van der Waals surface area contributed by atoms with Crippen LogP contribution in [0.25, 0.3) is 6.08 Å². The fraction of sp³-hybridized carbons (Fsp3) is 0.391. The van der Waals surface area contributed by atoms with Crippen LogP contribution in [0.3, 0.4) is 0 Å². The first-order valence-electron chi connectivity index (χ1n) is 9.70. The van der Waals surface area contributed by atoms with Gasteiger partial charge in [-0.05, 0) is 47.7 Å². The first-order valence-corrected chi connectivity index (χ1v) is 10.1. The van der Waals surface area contributed by atoms with Crippen LogP contribution in [-0.4, -0.2) is 37.1 Å². The first-order chi connectivity index (χ1) is 14.4. The lowest BCUT2D eigenvalue weighted by atomic mass is 9.74. The SMILES string of the molecule is COc1ccc(F)cc1C(C)(C)CC(O)(CN1CC=Cc2ccc(Cl)cc21)C(F)(F)F. The second kappa shape index (κ2) is 8.36. The number of β-amino-alcohol motifs (C(OH)–C–C–N with tert-alkyl or cyclic N) is 1. The highest BCUT2D eigenvalue weighted by atomic mass is 35.5. The van der Waals surface area contributed by atoms with E-state index in [0.717, 1.165) is 6.07 Å². The maximum Gasteiger partial charge on any atom is 0.418 e. The molecule has 1 atom stereocenters. The molecule has 1 heterocycles. The predicted octanol–water partition coefficient (Wildman–Crippen LogP) is 5.98. The average molecular weight is 458 g/mol. The summed E-state index contributed by atoms with van der Waals surface area (Å²) in [5.41, 5.74) is -2.84. The van der Waals surface area contributed by atoms with E-state index in [2.05, 4.69) is 0 Å². The molecule has 0 amide bonds. The highest BCUT2D eigenvalue weighted by molar-refractivity contribution is 6.31. The minimum absolute atomic E-state index is 0.190. The van der Waals surface area contributed by atoms with Crippen LogP contribution in [0.2, 0.25) is 5.02 Å². The molecular formula is C23H24ClF4NO2. The molecule has 1 aliphatic heterocycles. The van der Waals surface area contributed by atoms with Gasteiger partial charge < -0.3 is 14.7 Å². The van der Waals surface area contributed by atoms with Crippen molar-refractivity contribution in [2.75, 3.05) is 25.1 Å². The van der Waals surface area contributed by atoms with Crippen LogP contribution in [0, 0.1) is 5.82 Å². The van der Waals surface area contributed by atoms with Gasteiger partial charge in [0.25, 0.3) is 0 Å². The van der Waals surface area contributed by atoms with Crippen LogP contribution in [-0.2, 0) is 5.41 Å². The number of alkyl halides is 3. The van der Waals surface area contributed by atoms with Crippen LogP contribution in [0.5, 0.6) is 5.75 Å². The van der Waals surface area contributed by atoms with Gasteiger partial charge in [0, 0.05) is 22.8 Å². The van der Waals surface area contributed by atoms with Crippen molar-refractivity contribution < 1.29 is 27.4 Å². The Kier molecular flexibility index (Phi) is 6.31. The van der Waals surface area contributed by atoms with Gasteiger partial charge in [-0.1, -0.05) is 43.7 Å². The van der Waals surface area contributed by atoms with Crippen LogP contribution in [0.1, 0.15) is 31.4 Å². The molecule has 0 saturated carbocycles. The number of anilines is 1. The Balaban J connectivity index is 1.99. The van der Waals surface area contributed by atoms with E-state index >= 15 is 0 Å². The lowest BCUT2D eigenvalue weighted by molar-refractivity contribution is -0.262. The second-order valence-corrected chi connectivity index (χ2v) is 8.86. The van der Waals surface area contributed by atoms with Gasteiger partial charge >= 0.3 is 6.18 Å². The van der Waals surface area contributed by atoms with Gasteiger partial charge in [0.2, 0.25) is 0 Å². The molecule has 1 aliphatic rings. The van der Waals surface area contributed by atoms with E-state index in [9.17, 15) is 22.7 Å². The summed E-state index contributed by atoms with van der Waals surface area (Å²) in [5.74, 6) is -0.335. The predicted molar refractivity (Wildman–Crippen MR) is 114 cm³/mol. The molecule has 1 N–H and O–H groups in total. The Morgan fingerprint density at radius 2 is 1.84 bits per heavy atom. The summed E-state index contributed by atoms with van der Waals surface area (Å²) in [4.78, 5) is 1.45. The standard InChI is InChI=1S/C23H24ClF4NO2/c1-21(2,18-12-17(25)8-9-20(18)31-3)13-22(30,23(26,27)28)14-29-10-4-5-15-6-7-16(24)11-19(15)29/h4-9,11-12,30H,10,13-14H2,1-3H3. The number of benzene rings is 2. The zero-order chi connectivity index (χ0) is 23.0. The van der Waals surface area contributed by atoms with Gasteiger partial charge in [-0.2, -0.15) is 13.2 Å². The maximum absolute atomic E-state index is 14.2. The topological polar surface area (TPSA) is 32.7 Å². The van der Waals surface area contributed by atoms with Crippen molar-refractivity contribution in [2.24, 2.45) is 0 Å². The number of halogens is 5. The van der Waals surface area contributed by atoms with Crippen LogP contribution >= 0.6 is 11.6 Å². The van der Waals surface area contributed by atoms with Crippen LogP contribution in [0.4, 0.5) is 23.2 Å². The third kappa shape index (κ3) is 4.83. The normalized spacial score (nSPS) is 16.1. The number of nitrogens with zero attached hydrogens (tertiary/aromatic N) is 1. The van der Waals surface area contributed by atoms with Gasteiger partial charge in [0.15, 0.2) is 5.60 Å². The van der Waals surface area contributed by atoms with Crippen molar-refractivity contribution in [2.45, 2.75) is 37.5 Å². The van der Waals surface area contributed by atoms with Gasteiger partial charge in [-0.15, -0.1) is 0 Å². The summed E-state index contributed by atoms with van der Waals surface area (Å²) in [6, 6.07) is 8.64. The van der Waals surface area contributed by atoms with Crippen molar-refractivity contribution in [3.8, 4) is 5.75 Å². The van der Waals surface area contributed by atoms with Crippen LogP contribution in [0.15, 0.2) is 42.5 Å². The summed E-state index contributed by atoms with van der Waals surface area (Å²) < 4.78 is 61.7. The van der Waals surface area contributed by atoms with E-state index in [1.807, 2.05) is 0 Å². The fourth-order valence-corrected chi connectivity index (χ4v) is 4.25. The van der Waals surface area contributed by atoms with Crippen molar-refractivity contribution in [1.29, 1.82) is 0 Å². The first kappa shape index (κ1) is 23.4. The molecule has 0 aliphatic carbocycles. The molecule has 168 valence electrons. The van der Waals surface area contributed by atoms with E-state index < -0.39 is 36.0 Å². The molecule has 0 radical (unpaired) electrons. The molecule has 2 aromatic rings. The Morgan fingerprint density at radius 1 is 1.13 bits per heavy atom. The summed E-state index contributed by atoms with van der Waals surface area (Å²) >= 11 is 6.05. The zero-order valence-electron chi connectivity index (χ0n) is 17.4. The number of methoxy groups -OCH3 is 1. The molecule has 2 aromatic carbocycles. The van der Waals surface area contributed by atoms with Gasteiger partial charge in [-0.3, -0.25) is 0 Å². The fourth-order valence-electron chi connectivity index (χ4n) is 4.08. The molecule has 0 saturated heterocycles. The lowest BCUT2D eigenvalue weighted by Gasteiger charge is -2.42. The van der Waals surface area contributed by atoms with Crippen LogP contribution < -0.4 is 9.64 Å². The molecule has 31 heavy (non-hydrogen) atoms. The Labute approximate surface area is 183 Å². The molecule has 1 unspecified atom stereocenters. The molecular weight excluding hydrogens is 434 g/mol. The molecule has 3 nitrogen and oxygen atoms in total.